The van der Waals surface area contributed by atoms with Gasteiger partial charge in [-0.3, -0.25) is 4.79 Å². The van der Waals surface area contributed by atoms with Crippen molar-refractivity contribution in [1.82, 2.24) is 0 Å². The van der Waals surface area contributed by atoms with Gasteiger partial charge in [-0.15, -0.1) is 11.8 Å². The Morgan fingerprint density at radius 1 is 1.09 bits per heavy atom. The maximum absolute atomic E-state index is 12.5. The number of ether oxygens (including phenoxy) is 1. The van der Waals surface area contributed by atoms with Crippen molar-refractivity contribution in [3.8, 4) is 0 Å². The van der Waals surface area contributed by atoms with E-state index in [9.17, 15) is 4.79 Å². The highest BCUT2D eigenvalue weighted by Crippen LogP contribution is 2.35. The van der Waals surface area contributed by atoms with Crippen LogP contribution in [-0.2, 0) is 9.53 Å². The normalized spacial score (nSPS) is 14.4. The first-order chi connectivity index (χ1) is 10.8. The molecular formula is C17H14ClNO2S. The van der Waals surface area contributed by atoms with Gasteiger partial charge in [-0.25, -0.2) is 0 Å². The molecule has 1 heterocycles. The van der Waals surface area contributed by atoms with Crippen molar-refractivity contribution in [2.24, 2.45) is 0 Å². The van der Waals surface area contributed by atoms with Gasteiger partial charge in [0.1, 0.15) is 0 Å². The molecule has 22 heavy (non-hydrogen) atoms. The SMILES string of the molecule is O=C(Nc1ccccc1Cl)C1=C(c2ccccc2)SCCO1. The van der Waals surface area contributed by atoms with E-state index in [0.29, 0.717) is 23.1 Å². The van der Waals surface area contributed by atoms with Gasteiger partial charge in [0.25, 0.3) is 5.91 Å². The molecule has 0 aliphatic carbocycles. The molecule has 0 bridgehead atoms. The van der Waals surface area contributed by atoms with E-state index in [1.165, 1.54) is 0 Å². The first kappa shape index (κ1) is 15.0. The zero-order valence-corrected chi connectivity index (χ0v) is 13.3. The van der Waals surface area contributed by atoms with Crippen molar-refractivity contribution in [3.63, 3.8) is 0 Å². The summed E-state index contributed by atoms with van der Waals surface area (Å²) in [6.45, 7) is 0.520. The quantitative estimate of drug-likeness (QED) is 0.905. The summed E-state index contributed by atoms with van der Waals surface area (Å²) in [6.07, 6.45) is 0. The van der Waals surface area contributed by atoms with Crippen molar-refractivity contribution in [1.29, 1.82) is 0 Å². The Labute approximate surface area is 138 Å². The third kappa shape index (κ3) is 3.29. The maximum atomic E-state index is 12.5. The van der Waals surface area contributed by atoms with E-state index in [-0.39, 0.29) is 5.91 Å². The van der Waals surface area contributed by atoms with Crippen molar-refractivity contribution in [3.05, 3.63) is 70.9 Å². The largest absolute Gasteiger partial charge is 0.486 e. The molecule has 0 fully saturated rings. The lowest BCUT2D eigenvalue weighted by atomic mass is 10.2. The minimum Gasteiger partial charge on any atom is -0.486 e. The van der Waals surface area contributed by atoms with E-state index >= 15 is 0 Å². The monoisotopic (exact) mass is 331 g/mol. The van der Waals surface area contributed by atoms with E-state index in [1.54, 1.807) is 23.9 Å². The zero-order chi connectivity index (χ0) is 15.4. The molecule has 1 aliphatic heterocycles. The molecule has 1 N–H and O–H groups in total. The number of amides is 1. The highest BCUT2D eigenvalue weighted by Gasteiger charge is 2.23. The van der Waals surface area contributed by atoms with Crippen molar-refractivity contribution in [2.45, 2.75) is 0 Å². The van der Waals surface area contributed by atoms with Crippen LogP contribution < -0.4 is 5.32 Å². The van der Waals surface area contributed by atoms with Gasteiger partial charge in [0.05, 0.1) is 22.2 Å². The highest BCUT2D eigenvalue weighted by atomic mass is 35.5. The summed E-state index contributed by atoms with van der Waals surface area (Å²) < 4.78 is 5.62. The molecule has 2 aromatic carbocycles. The van der Waals surface area contributed by atoms with E-state index in [4.69, 9.17) is 16.3 Å². The van der Waals surface area contributed by atoms with Crippen LogP contribution in [0.25, 0.3) is 4.91 Å². The number of nitrogens with one attached hydrogen (secondary N) is 1. The molecule has 0 unspecified atom stereocenters. The Balaban J connectivity index is 1.91. The number of anilines is 1. The number of para-hydroxylation sites is 1. The molecule has 2 aromatic rings. The third-order valence-corrected chi connectivity index (χ3v) is 4.56. The fourth-order valence-corrected chi connectivity index (χ4v) is 3.27. The van der Waals surface area contributed by atoms with Crippen LogP contribution in [0.3, 0.4) is 0 Å². The average Bonchev–Trinajstić information content (AvgIpc) is 2.58. The molecule has 5 heteroatoms. The van der Waals surface area contributed by atoms with E-state index < -0.39 is 0 Å². The third-order valence-electron chi connectivity index (χ3n) is 3.15. The summed E-state index contributed by atoms with van der Waals surface area (Å²) in [5.74, 6) is 0.897. The van der Waals surface area contributed by atoms with Crippen LogP contribution >= 0.6 is 23.4 Å². The maximum Gasteiger partial charge on any atom is 0.291 e. The minimum atomic E-state index is -0.279. The lowest BCUT2D eigenvalue weighted by Gasteiger charge is -2.20. The summed E-state index contributed by atoms with van der Waals surface area (Å²) in [6, 6.07) is 16.9. The lowest BCUT2D eigenvalue weighted by Crippen LogP contribution is -2.21. The number of hydrogen-bond acceptors (Lipinski definition) is 3. The second-order valence-corrected chi connectivity index (χ2v) is 6.17. The molecule has 0 atom stereocenters. The van der Waals surface area contributed by atoms with E-state index in [2.05, 4.69) is 5.32 Å². The molecule has 0 saturated heterocycles. The second-order valence-electron chi connectivity index (χ2n) is 4.66. The number of rotatable bonds is 3. The molecule has 1 aliphatic rings. The average molecular weight is 332 g/mol. The van der Waals surface area contributed by atoms with Crippen LogP contribution in [0.2, 0.25) is 5.02 Å². The summed E-state index contributed by atoms with van der Waals surface area (Å²) in [7, 11) is 0. The van der Waals surface area contributed by atoms with Gasteiger partial charge in [0.2, 0.25) is 0 Å². The first-order valence-corrected chi connectivity index (χ1v) is 8.23. The van der Waals surface area contributed by atoms with Crippen molar-refractivity contribution < 1.29 is 9.53 Å². The van der Waals surface area contributed by atoms with E-state index in [1.807, 2.05) is 42.5 Å². The molecule has 0 saturated carbocycles. The van der Waals surface area contributed by atoms with E-state index in [0.717, 1.165) is 16.2 Å². The number of carbonyl (C=O) groups excluding carboxylic acids is 1. The molecule has 0 spiro atoms. The predicted molar refractivity (Wildman–Crippen MR) is 91.9 cm³/mol. The summed E-state index contributed by atoms with van der Waals surface area (Å²) in [5, 5.41) is 3.31. The van der Waals surface area contributed by atoms with Gasteiger partial charge in [0.15, 0.2) is 5.76 Å². The van der Waals surface area contributed by atoms with Gasteiger partial charge in [-0.2, -0.15) is 0 Å². The zero-order valence-electron chi connectivity index (χ0n) is 11.7. The van der Waals surface area contributed by atoms with Crippen molar-refractivity contribution in [2.75, 3.05) is 17.7 Å². The molecule has 3 rings (SSSR count). The van der Waals surface area contributed by atoms with Crippen LogP contribution in [-0.4, -0.2) is 18.3 Å². The number of halogens is 1. The Bertz CT molecular complexity index is 716. The molecule has 0 radical (unpaired) electrons. The Hall–Kier alpha value is -1.91. The topological polar surface area (TPSA) is 38.3 Å². The number of benzene rings is 2. The summed E-state index contributed by atoms with van der Waals surface area (Å²) >= 11 is 7.71. The van der Waals surface area contributed by atoms with Crippen LogP contribution in [0.4, 0.5) is 5.69 Å². The van der Waals surface area contributed by atoms with Gasteiger partial charge in [-0.1, -0.05) is 54.1 Å². The smallest absolute Gasteiger partial charge is 0.291 e. The Kier molecular flexibility index (Phi) is 4.71. The lowest BCUT2D eigenvalue weighted by molar-refractivity contribution is -0.115. The Morgan fingerprint density at radius 2 is 1.82 bits per heavy atom. The summed E-state index contributed by atoms with van der Waals surface area (Å²) in [4.78, 5) is 13.4. The van der Waals surface area contributed by atoms with Crippen molar-refractivity contribution >= 4 is 39.9 Å². The number of hydrogen-bond donors (Lipinski definition) is 1. The van der Waals surface area contributed by atoms with Crippen LogP contribution in [0, 0.1) is 0 Å². The minimum absolute atomic E-state index is 0.279. The Morgan fingerprint density at radius 3 is 2.59 bits per heavy atom. The highest BCUT2D eigenvalue weighted by molar-refractivity contribution is 8.08. The molecular weight excluding hydrogens is 318 g/mol. The fourth-order valence-electron chi connectivity index (χ4n) is 2.13. The van der Waals surface area contributed by atoms with Crippen LogP contribution in [0.15, 0.2) is 60.4 Å². The van der Waals surface area contributed by atoms with Gasteiger partial charge >= 0.3 is 0 Å². The summed E-state index contributed by atoms with van der Waals surface area (Å²) in [5.41, 5.74) is 1.56. The van der Waals surface area contributed by atoms with Crippen LogP contribution in [0.5, 0.6) is 0 Å². The molecule has 3 nitrogen and oxygen atoms in total. The molecule has 1 amide bonds. The second kappa shape index (κ2) is 6.90. The molecule has 0 aromatic heterocycles. The van der Waals surface area contributed by atoms with Gasteiger partial charge in [-0.05, 0) is 17.7 Å². The van der Waals surface area contributed by atoms with Gasteiger partial charge in [0, 0.05) is 5.75 Å². The predicted octanol–water partition coefficient (Wildman–Crippen LogP) is 4.41. The molecule has 112 valence electrons. The standard InChI is InChI=1S/C17H14ClNO2S/c18-13-8-4-5-9-14(13)19-17(20)15-16(22-11-10-21-15)12-6-2-1-3-7-12/h1-9H,10-11H2,(H,19,20). The van der Waals surface area contributed by atoms with Crippen LogP contribution in [0.1, 0.15) is 5.56 Å². The number of carbonyl (C=O) groups is 1. The number of thioether (sulfide) groups is 1. The first-order valence-electron chi connectivity index (χ1n) is 6.87. The van der Waals surface area contributed by atoms with Gasteiger partial charge < -0.3 is 10.1 Å². The fraction of sp³-hybridized carbons (Fsp3) is 0.118.